The van der Waals surface area contributed by atoms with E-state index >= 15 is 0 Å². The number of rotatable bonds is 4. The molecule has 2 rings (SSSR count). The van der Waals surface area contributed by atoms with Gasteiger partial charge < -0.3 is 9.47 Å². The molecular weight excluding hydrogens is 401 g/mol. The zero-order valence-corrected chi connectivity index (χ0v) is 15.5. The van der Waals surface area contributed by atoms with Gasteiger partial charge in [0.15, 0.2) is 11.4 Å². The van der Waals surface area contributed by atoms with Crippen LogP contribution >= 0.6 is 23.2 Å². The lowest BCUT2D eigenvalue weighted by Crippen LogP contribution is -2.14. The SMILES string of the molecule is CCOCC.COc1nc(-c2cc(Cl)nc(Cl)c2)nc(F)c1C(F)(F)F. The maximum absolute atomic E-state index is 13.6. The molecule has 5 nitrogen and oxygen atoms in total. The summed E-state index contributed by atoms with van der Waals surface area (Å²) in [4.78, 5) is 10.4. The van der Waals surface area contributed by atoms with Crippen molar-refractivity contribution in [1.29, 1.82) is 0 Å². The first-order valence-corrected chi connectivity index (χ1v) is 7.99. The highest BCUT2D eigenvalue weighted by Crippen LogP contribution is 2.37. The first-order valence-electron chi connectivity index (χ1n) is 7.23. The van der Waals surface area contributed by atoms with Crippen molar-refractivity contribution in [3.05, 3.63) is 34.0 Å². The minimum absolute atomic E-state index is 0.0413. The summed E-state index contributed by atoms with van der Waals surface area (Å²) in [6.45, 7) is 5.67. The van der Waals surface area contributed by atoms with Gasteiger partial charge in [-0.2, -0.15) is 27.5 Å². The van der Waals surface area contributed by atoms with Crippen LogP contribution in [0.25, 0.3) is 11.4 Å². The average molecular weight is 416 g/mol. The van der Waals surface area contributed by atoms with Crippen LogP contribution in [0, 0.1) is 5.95 Å². The van der Waals surface area contributed by atoms with Crippen molar-refractivity contribution in [2.24, 2.45) is 0 Å². The molecule has 2 aromatic heterocycles. The molecule has 2 aromatic rings. The van der Waals surface area contributed by atoms with E-state index in [4.69, 9.17) is 27.9 Å². The Morgan fingerprint density at radius 1 is 1.00 bits per heavy atom. The van der Waals surface area contributed by atoms with Gasteiger partial charge in [0.25, 0.3) is 0 Å². The highest BCUT2D eigenvalue weighted by molar-refractivity contribution is 6.32. The van der Waals surface area contributed by atoms with Crippen LogP contribution in [-0.4, -0.2) is 35.3 Å². The highest BCUT2D eigenvalue weighted by Gasteiger charge is 2.40. The molecule has 0 amide bonds. The molecule has 0 aromatic carbocycles. The zero-order valence-electron chi connectivity index (χ0n) is 14.0. The van der Waals surface area contributed by atoms with Crippen LogP contribution < -0.4 is 4.74 Å². The summed E-state index contributed by atoms with van der Waals surface area (Å²) in [6, 6.07) is 2.46. The lowest BCUT2D eigenvalue weighted by atomic mass is 10.2. The predicted molar refractivity (Wildman–Crippen MR) is 89.0 cm³/mol. The first kappa shape index (κ1) is 22.3. The summed E-state index contributed by atoms with van der Waals surface area (Å²) in [5.41, 5.74) is -1.58. The number of hydrogen-bond donors (Lipinski definition) is 0. The summed E-state index contributed by atoms with van der Waals surface area (Å²) in [5.74, 6) is -3.05. The van der Waals surface area contributed by atoms with Gasteiger partial charge in [0.2, 0.25) is 11.8 Å². The van der Waals surface area contributed by atoms with Gasteiger partial charge >= 0.3 is 6.18 Å². The van der Waals surface area contributed by atoms with Crippen LogP contribution in [0.1, 0.15) is 19.4 Å². The Bertz CT molecular complexity index is 723. The van der Waals surface area contributed by atoms with Gasteiger partial charge in [-0.15, -0.1) is 0 Å². The second-order valence-corrected chi connectivity index (χ2v) is 5.28. The molecule has 144 valence electrons. The van der Waals surface area contributed by atoms with E-state index in [1.807, 2.05) is 13.8 Å². The molecule has 11 heteroatoms. The van der Waals surface area contributed by atoms with Gasteiger partial charge in [-0.3, -0.25) is 0 Å². The maximum Gasteiger partial charge on any atom is 0.426 e. The Balaban J connectivity index is 0.000000597. The van der Waals surface area contributed by atoms with E-state index in [1.165, 1.54) is 12.1 Å². The van der Waals surface area contributed by atoms with Crippen molar-refractivity contribution in [2.45, 2.75) is 20.0 Å². The van der Waals surface area contributed by atoms with E-state index in [0.717, 1.165) is 20.3 Å². The molecule has 0 radical (unpaired) electrons. The van der Waals surface area contributed by atoms with Crippen molar-refractivity contribution >= 4 is 23.2 Å². The van der Waals surface area contributed by atoms with Crippen LogP contribution in [0.3, 0.4) is 0 Å². The number of pyridine rings is 1. The Morgan fingerprint density at radius 2 is 1.54 bits per heavy atom. The molecule has 0 aliphatic carbocycles. The molecule has 0 fully saturated rings. The third-order valence-electron chi connectivity index (χ3n) is 2.74. The van der Waals surface area contributed by atoms with Crippen LogP contribution in [0.15, 0.2) is 12.1 Å². The summed E-state index contributed by atoms with van der Waals surface area (Å²) < 4.78 is 61.1. The van der Waals surface area contributed by atoms with Gasteiger partial charge in [0.1, 0.15) is 10.3 Å². The van der Waals surface area contributed by atoms with E-state index < -0.39 is 23.6 Å². The largest absolute Gasteiger partial charge is 0.480 e. The molecule has 0 aliphatic rings. The number of aromatic nitrogens is 3. The van der Waals surface area contributed by atoms with E-state index in [0.29, 0.717) is 0 Å². The number of ether oxygens (including phenoxy) is 2. The second kappa shape index (κ2) is 9.84. The normalized spacial score (nSPS) is 11.0. The Kier molecular flexibility index (Phi) is 8.45. The van der Waals surface area contributed by atoms with Gasteiger partial charge in [0, 0.05) is 18.8 Å². The molecule has 0 atom stereocenters. The van der Waals surface area contributed by atoms with E-state index in [2.05, 4.69) is 19.7 Å². The minimum Gasteiger partial charge on any atom is -0.480 e. The Morgan fingerprint density at radius 3 is 1.92 bits per heavy atom. The minimum atomic E-state index is -4.98. The summed E-state index contributed by atoms with van der Waals surface area (Å²) in [5, 5.41) is -0.0826. The predicted octanol–water partition coefficient (Wildman–Crippen LogP) is 5.05. The molecule has 2 heterocycles. The second-order valence-electron chi connectivity index (χ2n) is 4.50. The highest BCUT2D eigenvalue weighted by atomic mass is 35.5. The smallest absolute Gasteiger partial charge is 0.426 e. The fraction of sp³-hybridized carbons (Fsp3) is 0.400. The monoisotopic (exact) mass is 415 g/mol. The molecular formula is C15H15Cl2F4N3O2. The fourth-order valence-corrected chi connectivity index (χ4v) is 2.19. The van der Waals surface area contributed by atoms with Crippen LogP contribution in [0.4, 0.5) is 17.6 Å². The van der Waals surface area contributed by atoms with Gasteiger partial charge in [-0.25, -0.2) is 4.98 Å². The fourth-order valence-electron chi connectivity index (χ4n) is 1.73. The van der Waals surface area contributed by atoms with E-state index in [-0.39, 0.29) is 21.7 Å². The van der Waals surface area contributed by atoms with Crippen LogP contribution in [0.2, 0.25) is 10.3 Å². The summed E-state index contributed by atoms with van der Waals surface area (Å²) in [7, 11) is 0.938. The molecule has 0 N–H and O–H groups in total. The van der Waals surface area contributed by atoms with Crippen molar-refractivity contribution in [3.63, 3.8) is 0 Å². The van der Waals surface area contributed by atoms with Gasteiger partial charge in [-0.1, -0.05) is 23.2 Å². The molecule has 26 heavy (non-hydrogen) atoms. The molecule has 0 saturated heterocycles. The van der Waals surface area contributed by atoms with Crippen molar-refractivity contribution in [3.8, 4) is 17.3 Å². The average Bonchev–Trinajstić information content (AvgIpc) is 2.53. The number of hydrogen-bond acceptors (Lipinski definition) is 5. The molecule has 0 aliphatic heterocycles. The number of nitrogens with zero attached hydrogens (tertiary/aromatic N) is 3. The number of halogens is 6. The molecule has 0 bridgehead atoms. The third-order valence-corrected chi connectivity index (χ3v) is 3.13. The third kappa shape index (κ3) is 6.22. The maximum atomic E-state index is 13.6. The van der Waals surface area contributed by atoms with Crippen molar-refractivity contribution in [1.82, 2.24) is 15.0 Å². The summed E-state index contributed by atoms with van der Waals surface area (Å²) in [6.07, 6.45) is -4.98. The number of methoxy groups -OCH3 is 1. The van der Waals surface area contributed by atoms with E-state index in [1.54, 1.807) is 0 Å². The Hall–Kier alpha value is -1.71. The quantitative estimate of drug-likeness (QED) is 0.397. The Labute approximate surface area is 157 Å². The first-order chi connectivity index (χ1) is 12.1. The molecule has 0 spiro atoms. The van der Waals surface area contributed by atoms with Gasteiger partial charge in [0.05, 0.1) is 7.11 Å². The zero-order chi connectivity index (χ0) is 19.9. The van der Waals surface area contributed by atoms with Crippen molar-refractivity contribution < 1.29 is 27.0 Å². The van der Waals surface area contributed by atoms with Gasteiger partial charge in [-0.05, 0) is 26.0 Å². The standard InChI is InChI=1S/C11H5Cl2F4N3O.C4H10O/c1-21-10-7(11(15,16)17)8(14)19-9(20-10)4-2-5(12)18-6(13)3-4;1-3-5-4-2/h2-3H,1H3;3-4H2,1-2H3. The molecule has 0 saturated carbocycles. The lowest BCUT2D eigenvalue weighted by molar-refractivity contribution is -0.142. The van der Waals surface area contributed by atoms with Crippen LogP contribution in [0.5, 0.6) is 5.88 Å². The van der Waals surface area contributed by atoms with Crippen LogP contribution in [-0.2, 0) is 10.9 Å². The topological polar surface area (TPSA) is 57.1 Å². The summed E-state index contributed by atoms with van der Waals surface area (Å²) >= 11 is 11.3. The lowest BCUT2D eigenvalue weighted by Gasteiger charge is -2.12. The van der Waals surface area contributed by atoms with Crippen molar-refractivity contribution in [2.75, 3.05) is 20.3 Å². The molecule has 0 unspecified atom stereocenters. The number of alkyl halides is 3. The van der Waals surface area contributed by atoms with E-state index in [9.17, 15) is 17.6 Å².